The predicted molar refractivity (Wildman–Crippen MR) is 157 cm³/mol. The van der Waals surface area contributed by atoms with Crippen LogP contribution in [0.4, 0.5) is 19.4 Å². The van der Waals surface area contributed by atoms with Gasteiger partial charge >= 0.3 is 12.0 Å². The van der Waals surface area contributed by atoms with E-state index < -0.39 is 23.3 Å². The van der Waals surface area contributed by atoms with Crippen molar-refractivity contribution in [2.75, 3.05) is 31.6 Å². The molecule has 42 heavy (non-hydrogen) atoms. The number of alkyl halides is 2. The van der Waals surface area contributed by atoms with Crippen molar-refractivity contribution in [3.8, 4) is 0 Å². The Bertz CT molecular complexity index is 1520. The van der Waals surface area contributed by atoms with Gasteiger partial charge in [-0.15, -0.1) is 0 Å². The molecule has 12 heteroatoms. The number of halogens is 3. The van der Waals surface area contributed by atoms with E-state index in [1.54, 1.807) is 43.7 Å². The second-order valence-electron chi connectivity index (χ2n) is 10.3. The second kappa shape index (κ2) is 12.0. The highest BCUT2D eigenvalue weighted by Gasteiger charge is 2.47. The Balaban J connectivity index is 2.01. The Labute approximate surface area is 247 Å². The smallest absolute Gasteiger partial charge is 0.329 e. The van der Waals surface area contributed by atoms with Gasteiger partial charge in [0.05, 0.1) is 18.8 Å². The maximum absolute atomic E-state index is 14.4. The lowest BCUT2D eigenvalue weighted by Crippen LogP contribution is -2.45. The van der Waals surface area contributed by atoms with Crippen molar-refractivity contribution < 1.29 is 23.1 Å². The first-order valence-corrected chi connectivity index (χ1v) is 13.8. The van der Waals surface area contributed by atoms with Gasteiger partial charge in [0.1, 0.15) is 16.9 Å². The topological polar surface area (TPSA) is 97.1 Å². The molecular formula is C30H32ClF2N5O4. The number of esters is 1. The number of nitroso groups, excluding NO2 is 1. The minimum atomic E-state index is -3.17. The molecule has 0 radical (unpaired) electrons. The van der Waals surface area contributed by atoms with Crippen LogP contribution in [0.25, 0.3) is 5.70 Å². The van der Waals surface area contributed by atoms with Crippen LogP contribution in [-0.4, -0.2) is 53.2 Å². The van der Waals surface area contributed by atoms with E-state index in [0.717, 1.165) is 12.5 Å². The van der Waals surface area contributed by atoms with Crippen LogP contribution in [0, 0.1) is 4.91 Å². The molecule has 1 unspecified atom stereocenters. The number of nitrogens with zero attached hydrogens (tertiary/aromatic N) is 5. The van der Waals surface area contributed by atoms with Gasteiger partial charge in [0.25, 0.3) is 5.92 Å². The molecule has 2 heterocycles. The molecule has 4 rings (SSSR count). The first-order chi connectivity index (χ1) is 19.8. The minimum absolute atomic E-state index is 0.0161. The van der Waals surface area contributed by atoms with Gasteiger partial charge in [0.2, 0.25) is 0 Å². The van der Waals surface area contributed by atoms with Crippen LogP contribution in [0.15, 0.2) is 60.3 Å². The van der Waals surface area contributed by atoms with Gasteiger partial charge in [0.15, 0.2) is 5.82 Å². The first-order valence-electron chi connectivity index (χ1n) is 13.4. The molecule has 9 nitrogen and oxygen atoms in total. The fourth-order valence-corrected chi connectivity index (χ4v) is 5.15. The van der Waals surface area contributed by atoms with Crippen molar-refractivity contribution in [3.05, 3.63) is 93.2 Å². The fourth-order valence-electron chi connectivity index (χ4n) is 5.02. The van der Waals surface area contributed by atoms with Crippen LogP contribution in [0.5, 0.6) is 0 Å². The van der Waals surface area contributed by atoms with Crippen LogP contribution in [0.2, 0.25) is 5.02 Å². The Kier molecular flexibility index (Phi) is 8.81. The third-order valence-electron chi connectivity index (χ3n) is 7.35. The second-order valence-corrected chi connectivity index (χ2v) is 10.7. The molecule has 1 atom stereocenters. The lowest BCUT2D eigenvalue weighted by molar-refractivity contribution is -0.148. The van der Waals surface area contributed by atoms with Crippen molar-refractivity contribution in [2.24, 2.45) is 5.18 Å². The van der Waals surface area contributed by atoms with E-state index in [9.17, 15) is 23.3 Å². The van der Waals surface area contributed by atoms with Crippen molar-refractivity contribution in [3.63, 3.8) is 0 Å². The number of fused-ring (bicyclic) bond motifs is 1. The molecule has 0 saturated carbocycles. The zero-order chi connectivity index (χ0) is 30.8. The molecular weight excluding hydrogens is 568 g/mol. The number of aromatic nitrogens is 2. The number of amides is 2. The molecule has 1 aromatic heterocycles. The number of carbonyl (C=O) groups is 2. The van der Waals surface area contributed by atoms with E-state index >= 15 is 0 Å². The van der Waals surface area contributed by atoms with Crippen molar-refractivity contribution >= 4 is 35.1 Å². The normalized spacial score (nSPS) is 14.9. The van der Waals surface area contributed by atoms with Gasteiger partial charge in [-0.05, 0) is 49.6 Å². The monoisotopic (exact) mass is 599 g/mol. The zero-order valence-electron chi connectivity index (χ0n) is 23.9. The molecule has 0 aliphatic carbocycles. The third kappa shape index (κ3) is 5.65. The summed E-state index contributed by atoms with van der Waals surface area (Å²) in [5, 5.41) is 3.41. The number of carbonyl (C=O) groups excluding carboxylic acids is 2. The number of ether oxygens (including phenoxy) is 1. The average molecular weight is 600 g/mol. The van der Waals surface area contributed by atoms with Crippen molar-refractivity contribution in [1.82, 2.24) is 14.5 Å². The number of imidazole rings is 1. The molecule has 0 N–H and O–H groups in total. The summed E-state index contributed by atoms with van der Waals surface area (Å²) in [5.41, 5.74) is -0.140. The van der Waals surface area contributed by atoms with E-state index in [2.05, 4.69) is 11.8 Å². The molecule has 0 spiro atoms. The highest BCUT2D eigenvalue weighted by atomic mass is 35.5. The highest BCUT2D eigenvalue weighted by Crippen LogP contribution is 2.42. The Morgan fingerprint density at radius 2 is 1.81 bits per heavy atom. The van der Waals surface area contributed by atoms with Gasteiger partial charge in [-0.3, -0.25) is 14.6 Å². The Morgan fingerprint density at radius 1 is 1.14 bits per heavy atom. The van der Waals surface area contributed by atoms with Gasteiger partial charge < -0.3 is 9.30 Å². The Morgan fingerprint density at radius 3 is 2.43 bits per heavy atom. The first kappa shape index (κ1) is 30.8. The van der Waals surface area contributed by atoms with Gasteiger partial charge in [-0.1, -0.05) is 53.7 Å². The third-order valence-corrected chi connectivity index (χ3v) is 7.60. The summed E-state index contributed by atoms with van der Waals surface area (Å²) in [6, 6.07) is 12.3. The standard InChI is InChI=1S/C30H32ClF2N5O4/c1-6-42-27(39)29(3,21-9-7-10-22(17-21)30(4,32)33)26-35-25-24(38(26)18-20-11-13-23(31)14-12-20)19(2)37(16-8-15-34-41)28(40)36(25)5/h7,9-14,17H,2,6,8,15-16,18H2,1,3-5H3. The van der Waals surface area contributed by atoms with E-state index in [1.165, 1.54) is 28.0 Å². The van der Waals surface area contributed by atoms with Gasteiger partial charge in [0, 0.05) is 37.6 Å². The van der Waals surface area contributed by atoms with E-state index in [1.807, 2.05) is 12.1 Å². The van der Waals surface area contributed by atoms with Gasteiger partial charge in [-0.25, -0.2) is 18.6 Å². The number of rotatable bonds is 11. The van der Waals surface area contributed by atoms with Crippen molar-refractivity contribution in [1.29, 1.82) is 0 Å². The SMILES string of the molecule is C=C1c2c(nc(C(C)(C(=O)OCC)c3cccc(C(C)(F)F)c3)n2Cc2ccc(Cl)cc2)N(C)C(=O)N1CCCN=O. The molecule has 2 aromatic carbocycles. The molecule has 0 bridgehead atoms. The number of benzene rings is 2. The fraction of sp³-hybridized carbons (Fsp3) is 0.367. The van der Waals surface area contributed by atoms with Crippen molar-refractivity contribution in [2.45, 2.75) is 45.1 Å². The number of hydrogen-bond acceptors (Lipinski definition) is 6. The summed E-state index contributed by atoms with van der Waals surface area (Å²) < 4.78 is 36.1. The van der Waals surface area contributed by atoms with E-state index in [-0.39, 0.29) is 49.0 Å². The zero-order valence-corrected chi connectivity index (χ0v) is 24.6. The number of anilines is 1. The lowest BCUT2D eigenvalue weighted by atomic mass is 9.80. The summed E-state index contributed by atoms with van der Waals surface area (Å²) in [6.45, 7) is 8.61. The molecule has 0 fully saturated rings. The minimum Gasteiger partial charge on any atom is -0.465 e. The summed E-state index contributed by atoms with van der Waals surface area (Å²) in [6.07, 6.45) is 0.314. The van der Waals surface area contributed by atoms with Crippen LogP contribution in [0.3, 0.4) is 0 Å². The summed E-state index contributed by atoms with van der Waals surface area (Å²) in [7, 11) is 1.54. The quantitative estimate of drug-likeness (QED) is 0.141. The maximum atomic E-state index is 14.4. The molecule has 222 valence electrons. The number of hydrogen-bond donors (Lipinski definition) is 0. The van der Waals surface area contributed by atoms with E-state index in [0.29, 0.717) is 22.8 Å². The van der Waals surface area contributed by atoms with Crippen LogP contribution in [0.1, 0.15) is 55.4 Å². The lowest BCUT2D eigenvalue weighted by Gasteiger charge is -2.34. The predicted octanol–water partition coefficient (Wildman–Crippen LogP) is 6.56. The average Bonchev–Trinajstić information content (AvgIpc) is 3.34. The van der Waals surface area contributed by atoms with E-state index in [4.69, 9.17) is 21.3 Å². The number of urea groups is 1. The largest absolute Gasteiger partial charge is 0.465 e. The Hall–Kier alpha value is -4.12. The van der Waals surface area contributed by atoms with Crippen LogP contribution >= 0.6 is 11.6 Å². The maximum Gasteiger partial charge on any atom is 0.329 e. The molecule has 3 aromatic rings. The summed E-state index contributed by atoms with van der Waals surface area (Å²) >= 11 is 6.12. The molecule has 2 amide bonds. The molecule has 0 saturated heterocycles. The van der Waals surface area contributed by atoms with Crippen LogP contribution < -0.4 is 4.90 Å². The summed E-state index contributed by atoms with van der Waals surface area (Å²) in [5.74, 6) is -3.45. The van der Waals surface area contributed by atoms with Gasteiger partial charge in [-0.2, -0.15) is 4.91 Å². The molecule has 1 aliphatic heterocycles. The highest BCUT2D eigenvalue weighted by molar-refractivity contribution is 6.30. The molecule has 1 aliphatic rings. The summed E-state index contributed by atoms with van der Waals surface area (Å²) in [4.78, 5) is 45.5. The van der Waals surface area contributed by atoms with Crippen LogP contribution in [-0.2, 0) is 27.4 Å².